The molecule has 6 nitrogen and oxygen atoms in total. The predicted molar refractivity (Wildman–Crippen MR) is 98.0 cm³/mol. The van der Waals surface area contributed by atoms with Gasteiger partial charge in [-0.25, -0.2) is 8.42 Å². The van der Waals surface area contributed by atoms with E-state index in [2.05, 4.69) is 9.71 Å². The van der Waals surface area contributed by atoms with Crippen LogP contribution in [0.15, 0.2) is 34.1 Å². The monoisotopic (exact) mass is 365 g/mol. The normalized spacial score (nSPS) is 19.4. The lowest BCUT2D eigenvalue weighted by Gasteiger charge is -2.25. The Bertz CT molecular complexity index is 834. The number of sulfonamides is 1. The number of nitrogens with one attached hydrogen (secondary N) is 1. The summed E-state index contributed by atoms with van der Waals surface area (Å²) in [7, 11) is -3.33. The molecule has 2 aliphatic rings. The Morgan fingerprint density at radius 2 is 1.92 bits per heavy atom. The molecule has 0 radical (unpaired) electrons. The molecular formula is C16H19N3O3S2. The van der Waals surface area contributed by atoms with Crippen molar-refractivity contribution in [2.24, 2.45) is 9.81 Å². The summed E-state index contributed by atoms with van der Waals surface area (Å²) < 4.78 is 27.0. The van der Waals surface area contributed by atoms with Crippen molar-refractivity contribution in [3.8, 4) is 0 Å². The van der Waals surface area contributed by atoms with Crippen molar-refractivity contribution < 1.29 is 13.2 Å². The van der Waals surface area contributed by atoms with Crippen molar-refractivity contribution in [3.63, 3.8) is 0 Å². The third kappa shape index (κ3) is 3.49. The van der Waals surface area contributed by atoms with Crippen LogP contribution in [0, 0.1) is 5.41 Å². The van der Waals surface area contributed by atoms with E-state index in [0.29, 0.717) is 11.7 Å². The van der Waals surface area contributed by atoms with E-state index in [-0.39, 0.29) is 11.7 Å². The van der Waals surface area contributed by atoms with Gasteiger partial charge in [0.15, 0.2) is 5.17 Å². The Morgan fingerprint density at radius 1 is 1.25 bits per heavy atom. The van der Waals surface area contributed by atoms with Gasteiger partial charge in [0, 0.05) is 23.1 Å². The number of nitrogens with zero attached hydrogens (tertiary/aromatic N) is 2. The number of hydrogen-bond acceptors (Lipinski definition) is 5. The number of fused-ring (bicyclic) bond motifs is 1. The van der Waals surface area contributed by atoms with E-state index < -0.39 is 15.4 Å². The summed E-state index contributed by atoms with van der Waals surface area (Å²) in [5, 5.41) is 5.29. The zero-order valence-corrected chi connectivity index (χ0v) is 15.4. The van der Waals surface area contributed by atoms with Crippen LogP contribution in [0.3, 0.4) is 0 Å². The lowest BCUT2D eigenvalue weighted by molar-refractivity contribution is -0.123. The maximum atomic E-state index is 12.0. The van der Waals surface area contributed by atoms with Crippen LogP contribution in [0.25, 0.3) is 5.70 Å². The first-order chi connectivity index (χ1) is 11.2. The minimum Gasteiger partial charge on any atom is -0.326 e. The number of anilines is 1. The highest BCUT2D eigenvalue weighted by atomic mass is 32.2. The number of benzene rings is 1. The van der Waals surface area contributed by atoms with Gasteiger partial charge in [0.25, 0.3) is 10.0 Å². The number of amidine groups is 1. The summed E-state index contributed by atoms with van der Waals surface area (Å²) in [6.45, 7) is 6.00. The molecule has 0 bridgehead atoms. The van der Waals surface area contributed by atoms with Gasteiger partial charge in [-0.15, -0.1) is 4.40 Å². The molecule has 1 aromatic rings. The van der Waals surface area contributed by atoms with Crippen molar-refractivity contribution in [2.45, 2.75) is 20.8 Å². The largest absolute Gasteiger partial charge is 0.326 e. The Labute approximate surface area is 146 Å². The van der Waals surface area contributed by atoms with Crippen molar-refractivity contribution in [1.82, 2.24) is 4.90 Å². The van der Waals surface area contributed by atoms with E-state index in [9.17, 15) is 13.2 Å². The minimum atomic E-state index is -3.33. The fourth-order valence-electron chi connectivity index (χ4n) is 2.26. The highest BCUT2D eigenvalue weighted by Crippen LogP contribution is 2.35. The van der Waals surface area contributed by atoms with E-state index >= 15 is 0 Å². The number of hydrogen-bond donors (Lipinski definition) is 1. The molecular weight excluding hydrogens is 346 g/mol. The molecule has 0 spiro atoms. The Hall–Kier alpha value is -1.80. The molecule has 1 aromatic carbocycles. The van der Waals surface area contributed by atoms with Crippen LogP contribution in [0.5, 0.6) is 0 Å². The number of thioether (sulfide) groups is 1. The van der Waals surface area contributed by atoms with E-state index in [4.69, 9.17) is 0 Å². The van der Waals surface area contributed by atoms with Crippen LogP contribution in [-0.2, 0) is 14.8 Å². The van der Waals surface area contributed by atoms with Gasteiger partial charge in [0.05, 0.1) is 11.4 Å². The topological polar surface area (TPSA) is 78.8 Å². The fraction of sp³-hybridized carbons (Fsp3) is 0.375. The van der Waals surface area contributed by atoms with Crippen molar-refractivity contribution in [1.29, 1.82) is 0 Å². The van der Waals surface area contributed by atoms with Crippen LogP contribution in [-0.4, -0.2) is 36.7 Å². The lowest BCUT2D eigenvalue weighted by atomic mass is 9.95. The van der Waals surface area contributed by atoms with E-state index in [1.54, 1.807) is 0 Å². The zero-order chi connectivity index (χ0) is 17.5. The molecule has 1 amide bonds. The van der Waals surface area contributed by atoms with E-state index in [1.165, 1.54) is 11.8 Å². The standard InChI is InChI=1S/C16H19N3O3S2/c1-16(2,3)14(20)17-12-6-4-11(5-7-12)13-10-23-15-18-24(21,22)9-8-19(13)15/h4-7,10H,8-9H2,1-3H3,(H,17,20). The molecule has 0 atom stereocenters. The summed E-state index contributed by atoms with van der Waals surface area (Å²) in [5.41, 5.74) is 2.18. The Balaban J connectivity index is 1.77. The highest BCUT2D eigenvalue weighted by molar-refractivity contribution is 8.17. The molecule has 3 rings (SSSR count). The SMILES string of the molecule is CC(C)(C)C(=O)Nc1ccc(C2=CSC3=NS(=O)(=O)CCN23)cc1. The van der Waals surface area contributed by atoms with Gasteiger partial charge >= 0.3 is 0 Å². The fourth-order valence-corrected chi connectivity index (χ4v) is 4.41. The lowest BCUT2D eigenvalue weighted by Crippen LogP contribution is -2.34. The molecule has 1 N–H and O–H groups in total. The maximum absolute atomic E-state index is 12.0. The highest BCUT2D eigenvalue weighted by Gasteiger charge is 2.31. The molecule has 8 heteroatoms. The molecule has 128 valence electrons. The average molecular weight is 365 g/mol. The van der Waals surface area contributed by atoms with Crippen LogP contribution in [0.1, 0.15) is 26.3 Å². The first-order valence-electron chi connectivity index (χ1n) is 7.55. The second-order valence-corrected chi connectivity index (χ2v) is 9.31. The van der Waals surface area contributed by atoms with Gasteiger partial charge in [0.2, 0.25) is 5.91 Å². The van der Waals surface area contributed by atoms with Crippen molar-refractivity contribution >= 4 is 44.2 Å². The van der Waals surface area contributed by atoms with E-state index in [0.717, 1.165) is 16.9 Å². The summed E-state index contributed by atoms with van der Waals surface area (Å²) in [4.78, 5) is 13.9. The zero-order valence-electron chi connectivity index (χ0n) is 13.7. The summed E-state index contributed by atoms with van der Waals surface area (Å²) in [5.74, 6) is -0.0183. The van der Waals surface area contributed by atoms with E-state index in [1.807, 2.05) is 55.3 Å². The smallest absolute Gasteiger partial charge is 0.257 e. The Kier molecular flexibility index (Phi) is 4.21. The number of carbonyl (C=O) groups excluding carboxylic acids is 1. The number of amides is 1. The van der Waals surface area contributed by atoms with Crippen LogP contribution in [0.4, 0.5) is 5.69 Å². The van der Waals surface area contributed by atoms with Crippen LogP contribution in [0.2, 0.25) is 0 Å². The molecule has 2 aliphatic heterocycles. The molecule has 0 saturated heterocycles. The molecule has 0 aliphatic carbocycles. The van der Waals surface area contributed by atoms with Gasteiger partial charge in [-0.1, -0.05) is 44.7 Å². The molecule has 24 heavy (non-hydrogen) atoms. The molecule has 2 heterocycles. The van der Waals surface area contributed by atoms with Crippen LogP contribution < -0.4 is 5.32 Å². The number of carbonyl (C=O) groups is 1. The summed E-state index contributed by atoms with van der Waals surface area (Å²) in [6.07, 6.45) is 0. The third-order valence-electron chi connectivity index (χ3n) is 3.71. The molecule has 0 saturated carbocycles. The second-order valence-electron chi connectivity index (χ2n) is 6.71. The van der Waals surface area contributed by atoms with Crippen molar-refractivity contribution in [2.75, 3.05) is 17.6 Å². The minimum absolute atomic E-state index is 0.0219. The number of rotatable bonds is 2. The first-order valence-corrected chi connectivity index (χ1v) is 10.0. The summed E-state index contributed by atoms with van der Waals surface area (Å²) >= 11 is 1.31. The van der Waals surface area contributed by atoms with Gasteiger partial charge < -0.3 is 10.2 Å². The quantitative estimate of drug-likeness (QED) is 0.872. The first kappa shape index (κ1) is 17.0. The molecule has 0 unspecified atom stereocenters. The van der Waals surface area contributed by atoms with Gasteiger partial charge in [-0.3, -0.25) is 4.79 Å². The van der Waals surface area contributed by atoms with Gasteiger partial charge in [-0.05, 0) is 17.7 Å². The molecule has 0 aromatic heterocycles. The third-order valence-corrected chi connectivity index (χ3v) is 5.84. The van der Waals surface area contributed by atoms with Crippen LogP contribution >= 0.6 is 11.8 Å². The summed E-state index contributed by atoms with van der Waals surface area (Å²) in [6, 6.07) is 7.52. The average Bonchev–Trinajstić information content (AvgIpc) is 2.88. The predicted octanol–water partition coefficient (Wildman–Crippen LogP) is 2.72. The molecule has 0 fully saturated rings. The van der Waals surface area contributed by atoms with Crippen molar-refractivity contribution in [3.05, 3.63) is 35.2 Å². The second kappa shape index (κ2) is 5.93. The Morgan fingerprint density at radius 3 is 2.54 bits per heavy atom. The van der Waals surface area contributed by atoms with Gasteiger partial charge in [-0.2, -0.15) is 0 Å². The maximum Gasteiger partial charge on any atom is 0.257 e. The van der Waals surface area contributed by atoms with Gasteiger partial charge in [0.1, 0.15) is 0 Å².